The molecule has 1 atom stereocenters. The van der Waals surface area contributed by atoms with Crippen LogP contribution in [0, 0.1) is 5.41 Å². The minimum atomic E-state index is -1.07. The molecule has 0 heterocycles. The van der Waals surface area contributed by atoms with Crippen LogP contribution in [0.15, 0.2) is 0 Å². The highest BCUT2D eigenvalue weighted by molar-refractivity contribution is 6.03. The molecular formula is C7H10O3. The van der Waals surface area contributed by atoms with Crippen LogP contribution < -0.4 is 0 Å². The van der Waals surface area contributed by atoms with E-state index in [2.05, 4.69) is 0 Å². The first kappa shape index (κ1) is 7.25. The number of carbonyl (C=O) groups excluding carboxylic acids is 1. The van der Waals surface area contributed by atoms with Gasteiger partial charge in [0.15, 0.2) is 0 Å². The van der Waals surface area contributed by atoms with Crippen LogP contribution in [0.25, 0.3) is 0 Å². The van der Waals surface area contributed by atoms with Crippen LogP contribution >= 0.6 is 0 Å². The van der Waals surface area contributed by atoms with E-state index in [0.717, 1.165) is 6.42 Å². The molecule has 0 aromatic rings. The second-order valence-corrected chi connectivity index (χ2v) is 2.91. The van der Waals surface area contributed by atoms with E-state index in [4.69, 9.17) is 5.11 Å². The normalized spacial score (nSPS) is 32.7. The van der Waals surface area contributed by atoms with Crippen LogP contribution in [0.5, 0.6) is 0 Å². The molecule has 3 heteroatoms. The van der Waals surface area contributed by atoms with Crippen molar-refractivity contribution in [2.24, 2.45) is 5.41 Å². The molecule has 3 nitrogen and oxygen atoms in total. The number of carbonyl (C=O) groups is 2. The Morgan fingerprint density at radius 1 is 1.70 bits per heavy atom. The summed E-state index contributed by atoms with van der Waals surface area (Å²) in [5, 5.41) is 8.62. The summed E-state index contributed by atoms with van der Waals surface area (Å²) in [6, 6.07) is 0. The van der Waals surface area contributed by atoms with Crippen molar-refractivity contribution in [1.82, 2.24) is 0 Å². The van der Waals surface area contributed by atoms with Gasteiger partial charge >= 0.3 is 5.97 Å². The number of rotatable bonds is 1. The number of carboxylic acids is 1. The Bertz CT molecular complexity index is 185. The monoisotopic (exact) mass is 142 g/mol. The summed E-state index contributed by atoms with van der Waals surface area (Å²) in [4.78, 5) is 21.5. The second kappa shape index (κ2) is 2.08. The Balaban J connectivity index is 2.86. The summed E-state index contributed by atoms with van der Waals surface area (Å²) < 4.78 is 0. The Morgan fingerprint density at radius 3 is 2.50 bits per heavy atom. The van der Waals surface area contributed by atoms with Crippen LogP contribution in [0.3, 0.4) is 0 Å². The van der Waals surface area contributed by atoms with Gasteiger partial charge in [-0.15, -0.1) is 0 Å². The van der Waals surface area contributed by atoms with Gasteiger partial charge in [-0.2, -0.15) is 0 Å². The minimum absolute atomic E-state index is 0.125. The van der Waals surface area contributed by atoms with E-state index in [1.165, 1.54) is 6.92 Å². The molecule has 1 aliphatic rings. The third-order valence-corrected chi connectivity index (χ3v) is 2.17. The molecule has 1 saturated carbocycles. The lowest BCUT2D eigenvalue weighted by Crippen LogP contribution is -2.31. The van der Waals surface area contributed by atoms with Crippen molar-refractivity contribution < 1.29 is 14.7 Å². The molecule has 0 bridgehead atoms. The molecule has 10 heavy (non-hydrogen) atoms. The lowest BCUT2D eigenvalue weighted by atomic mass is 9.88. The summed E-state index contributed by atoms with van der Waals surface area (Å²) in [6.45, 7) is 1.50. The molecule has 0 aliphatic heterocycles. The van der Waals surface area contributed by atoms with Gasteiger partial charge in [-0.25, -0.2) is 0 Å². The van der Waals surface area contributed by atoms with Gasteiger partial charge < -0.3 is 5.11 Å². The van der Waals surface area contributed by atoms with Gasteiger partial charge in [-0.1, -0.05) is 0 Å². The van der Waals surface area contributed by atoms with Crippen molar-refractivity contribution in [3.63, 3.8) is 0 Å². The van der Waals surface area contributed by atoms with E-state index in [-0.39, 0.29) is 5.78 Å². The van der Waals surface area contributed by atoms with Crippen molar-refractivity contribution in [3.05, 3.63) is 0 Å². The molecule has 0 radical (unpaired) electrons. The molecule has 1 fully saturated rings. The lowest BCUT2D eigenvalue weighted by Gasteiger charge is -2.14. The van der Waals surface area contributed by atoms with Gasteiger partial charge in [-0.3, -0.25) is 9.59 Å². The fourth-order valence-corrected chi connectivity index (χ4v) is 1.24. The van der Waals surface area contributed by atoms with Gasteiger partial charge in [0.2, 0.25) is 0 Å². The Hall–Kier alpha value is -0.860. The maximum absolute atomic E-state index is 11.0. The summed E-state index contributed by atoms with van der Waals surface area (Å²) in [7, 11) is 0. The van der Waals surface area contributed by atoms with E-state index < -0.39 is 11.4 Å². The predicted molar refractivity (Wildman–Crippen MR) is 34.6 cm³/mol. The molecule has 0 amide bonds. The fraction of sp³-hybridized carbons (Fsp3) is 0.714. The van der Waals surface area contributed by atoms with Gasteiger partial charge in [0.1, 0.15) is 11.2 Å². The smallest absolute Gasteiger partial charge is 0.316 e. The van der Waals surface area contributed by atoms with Gasteiger partial charge in [0.25, 0.3) is 0 Å². The second-order valence-electron chi connectivity index (χ2n) is 2.91. The number of hydrogen-bond donors (Lipinski definition) is 1. The molecule has 0 unspecified atom stereocenters. The first-order valence-electron chi connectivity index (χ1n) is 3.34. The molecule has 1 aliphatic carbocycles. The number of carboxylic acid groups (broad SMARTS) is 1. The summed E-state index contributed by atoms with van der Waals surface area (Å²) in [5.74, 6) is -1.10. The number of Topliss-reactive ketones (excluding diaryl/α,β-unsaturated/α-hetero) is 1. The highest BCUT2D eigenvalue weighted by atomic mass is 16.4. The molecule has 0 spiro atoms. The average Bonchev–Trinajstić information content (AvgIpc) is 2.15. The average molecular weight is 142 g/mol. The van der Waals surface area contributed by atoms with Gasteiger partial charge in [0.05, 0.1) is 0 Å². The van der Waals surface area contributed by atoms with Crippen LogP contribution in [-0.2, 0) is 9.59 Å². The molecule has 0 aromatic carbocycles. The third-order valence-electron chi connectivity index (χ3n) is 2.17. The molecule has 1 N–H and O–H groups in total. The fourth-order valence-electron chi connectivity index (χ4n) is 1.24. The zero-order valence-electron chi connectivity index (χ0n) is 5.89. The van der Waals surface area contributed by atoms with E-state index in [0.29, 0.717) is 12.8 Å². The summed E-state index contributed by atoms with van der Waals surface area (Å²) >= 11 is 0. The highest BCUT2D eigenvalue weighted by Gasteiger charge is 2.44. The topological polar surface area (TPSA) is 54.4 Å². The number of ketones is 1. The van der Waals surface area contributed by atoms with Crippen molar-refractivity contribution in [3.8, 4) is 0 Å². The first-order valence-corrected chi connectivity index (χ1v) is 3.34. The van der Waals surface area contributed by atoms with Crippen molar-refractivity contribution in [2.45, 2.75) is 26.2 Å². The largest absolute Gasteiger partial charge is 0.481 e. The highest BCUT2D eigenvalue weighted by Crippen LogP contribution is 2.34. The van der Waals surface area contributed by atoms with Crippen LogP contribution in [-0.4, -0.2) is 16.9 Å². The summed E-state index contributed by atoms with van der Waals surface area (Å²) in [5.41, 5.74) is -1.07. The van der Waals surface area contributed by atoms with E-state index >= 15 is 0 Å². The zero-order chi connectivity index (χ0) is 7.78. The van der Waals surface area contributed by atoms with Crippen LogP contribution in [0.2, 0.25) is 0 Å². The minimum Gasteiger partial charge on any atom is -0.481 e. The molecule has 56 valence electrons. The Morgan fingerprint density at radius 2 is 2.30 bits per heavy atom. The lowest BCUT2D eigenvalue weighted by molar-refractivity contribution is -0.152. The quantitative estimate of drug-likeness (QED) is 0.552. The summed E-state index contributed by atoms with van der Waals surface area (Å²) in [6.07, 6.45) is 1.66. The number of aliphatic carboxylic acids is 1. The number of hydrogen-bond acceptors (Lipinski definition) is 2. The maximum atomic E-state index is 11.0. The van der Waals surface area contributed by atoms with Crippen LogP contribution in [0.4, 0.5) is 0 Å². The maximum Gasteiger partial charge on any atom is 0.316 e. The van der Waals surface area contributed by atoms with E-state index in [1.54, 1.807) is 0 Å². The SMILES string of the molecule is C[C@]1(C(=O)O)CCCC1=O. The van der Waals surface area contributed by atoms with Crippen molar-refractivity contribution in [2.75, 3.05) is 0 Å². The molecular weight excluding hydrogens is 132 g/mol. The van der Waals surface area contributed by atoms with Crippen molar-refractivity contribution in [1.29, 1.82) is 0 Å². The van der Waals surface area contributed by atoms with E-state index in [9.17, 15) is 9.59 Å². The first-order chi connectivity index (χ1) is 4.57. The van der Waals surface area contributed by atoms with Crippen LogP contribution in [0.1, 0.15) is 26.2 Å². The van der Waals surface area contributed by atoms with E-state index in [1.807, 2.05) is 0 Å². The standard InChI is InChI=1S/C7H10O3/c1-7(6(9)10)4-2-3-5(7)8/h2-4H2,1H3,(H,9,10)/t7-/m0/s1. The Labute approximate surface area is 59.0 Å². The van der Waals surface area contributed by atoms with Gasteiger partial charge in [-0.05, 0) is 19.8 Å². The zero-order valence-corrected chi connectivity index (χ0v) is 5.89. The van der Waals surface area contributed by atoms with Gasteiger partial charge in [0, 0.05) is 6.42 Å². The Kier molecular flexibility index (Phi) is 1.50. The molecule has 0 aromatic heterocycles. The molecule has 1 rings (SSSR count). The van der Waals surface area contributed by atoms with Crippen molar-refractivity contribution >= 4 is 11.8 Å². The third kappa shape index (κ3) is 0.818. The predicted octanol–water partition coefficient (Wildman–Crippen LogP) is 0.830. The molecule has 0 saturated heterocycles.